The molecule has 2 N–H and O–H groups in total. The first-order chi connectivity index (χ1) is 11.2. The van der Waals surface area contributed by atoms with E-state index >= 15 is 0 Å². The molecule has 1 aliphatic carbocycles. The van der Waals surface area contributed by atoms with Crippen molar-refractivity contribution in [3.8, 4) is 0 Å². The van der Waals surface area contributed by atoms with Gasteiger partial charge in [0.15, 0.2) is 0 Å². The van der Waals surface area contributed by atoms with Gasteiger partial charge in [0.1, 0.15) is 5.60 Å². The van der Waals surface area contributed by atoms with Gasteiger partial charge < -0.3 is 15.4 Å². The van der Waals surface area contributed by atoms with Crippen LogP contribution in [0, 0.1) is 0 Å². The van der Waals surface area contributed by atoms with Crippen LogP contribution in [0.2, 0.25) is 0 Å². The molecule has 132 valence electrons. The third kappa shape index (κ3) is 5.51. The molecule has 0 saturated heterocycles. The quantitative estimate of drug-likeness (QED) is 0.807. The number of halogens is 1. The molecule has 0 atom stereocenters. The van der Waals surface area contributed by atoms with Crippen LogP contribution in [0.25, 0.3) is 0 Å². The summed E-state index contributed by atoms with van der Waals surface area (Å²) in [5.74, 6) is -0.115. The van der Waals surface area contributed by atoms with Crippen LogP contribution in [0.15, 0.2) is 28.7 Å². The number of rotatable bonds is 4. The van der Waals surface area contributed by atoms with Crippen molar-refractivity contribution in [2.24, 2.45) is 0 Å². The lowest BCUT2D eigenvalue weighted by molar-refractivity contribution is 0.0505. The first-order valence-corrected chi connectivity index (χ1v) is 9.03. The Morgan fingerprint density at radius 3 is 2.29 bits per heavy atom. The van der Waals surface area contributed by atoms with Crippen LogP contribution in [-0.4, -0.2) is 29.7 Å². The highest BCUT2D eigenvalue weighted by Gasteiger charge is 2.36. The number of nitrogens with one attached hydrogen (secondary N) is 2. The van der Waals surface area contributed by atoms with Gasteiger partial charge in [0, 0.05) is 16.6 Å². The van der Waals surface area contributed by atoms with E-state index in [1.807, 2.05) is 32.9 Å². The first-order valence-electron chi connectivity index (χ1n) is 8.24. The van der Waals surface area contributed by atoms with Gasteiger partial charge in [-0.05, 0) is 57.9 Å². The summed E-state index contributed by atoms with van der Waals surface area (Å²) in [6, 6.07) is 7.25. The van der Waals surface area contributed by atoms with E-state index in [1.54, 1.807) is 12.1 Å². The topological polar surface area (TPSA) is 67.4 Å². The summed E-state index contributed by atoms with van der Waals surface area (Å²) >= 11 is 3.36. The monoisotopic (exact) mass is 396 g/mol. The minimum absolute atomic E-state index is 0.115. The van der Waals surface area contributed by atoms with Crippen LogP contribution in [0.1, 0.15) is 56.8 Å². The molecule has 2 amide bonds. The number of alkyl carbamates (subject to hydrolysis) is 1. The molecule has 1 aliphatic rings. The minimum atomic E-state index is -0.534. The van der Waals surface area contributed by atoms with E-state index in [2.05, 4.69) is 26.6 Å². The highest BCUT2D eigenvalue weighted by atomic mass is 79.9. The molecule has 0 aromatic heterocycles. The van der Waals surface area contributed by atoms with Gasteiger partial charge in [0.05, 0.1) is 5.54 Å². The molecule has 1 saturated carbocycles. The number of carbonyl (C=O) groups is 2. The minimum Gasteiger partial charge on any atom is -0.444 e. The van der Waals surface area contributed by atoms with Gasteiger partial charge in [-0.15, -0.1) is 0 Å². The maximum atomic E-state index is 12.5. The maximum Gasteiger partial charge on any atom is 0.407 e. The molecule has 1 fully saturated rings. The molecule has 24 heavy (non-hydrogen) atoms. The number of hydrogen-bond acceptors (Lipinski definition) is 3. The summed E-state index contributed by atoms with van der Waals surface area (Å²) in [5.41, 5.74) is -0.323. The molecule has 0 bridgehead atoms. The van der Waals surface area contributed by atoms with Crippen molar-refractivity contribution in [3.05, 3.63) is 34.3 Å². The zero-order valence-corrected chi connectivity index (χ0v) is 16.0. The standard InChI is InChI=1S/C18H25BrN2O3/c1-17(2,3)24-16(23)20-12-18(10-4-5-11-18)21-15(22)13-6-8-14(19)9-7-13/h6-9H,4-5,10-12H2,1-3H3,(H,20,23)(H,21,22). The number of ether oxygens (including phenoxy) is 1. The summed E-state index contributed by atoms with van der Waals surface area (Å²) in [4.78, 5) is 24.4. The lowest BCUT2D eigenvalue weighted by atomic mass is 9.96. The molecular formula is C18H25BrN2O3. The van der Waals surface area contributed by atoms with Crippen LogP contribution in [-0.2, 0) is 4.74 Å². The molecule has 1 aromatic rings. The number of hydrogen-bond donors (Lipinski definition) is 2. The second-order valence-corrected chi connectivity index (χ2v) is 8.22. The molecule has 2 rings (SSSR count). The summed E-state index contributed by atoms with van der Waals surface area (Å²) in [7, 11) is 0. The van der Waals surface area contributed by atoms with Gasteiger partial charge in [0.25, 0.3) is 5.91 Å². The van der Waals surface area contributed by atoms with Gasteiger partial charge in [-0.2, -0.15) is 0 Å². The zero-order valence-electron chi connectivity index (χ0n) is 14.4. The van der Waals surface area contributed by atoms with Gasteiger partial charge >= 0.3 is 6.09 Å². The number of carbonyl (C=O) groups excluding carboxylic acids is 2. The predicted octanol–water partition coefficient (Wildman–Crippen LogP) is 4.02. The van der Waals surface area contributed by atoms with E-state index in [4.69, 9.17) is 4.74 Å². The van der Waals surface area contributed by atoms with Crippen molar-refractivity contribution < 1.29 is 14.3 Å². The Morgan fingerprint density at radius 1 is 1.17 bits per heavy atom. The Kier molecular flexibility index (Phi) is 5.91. The molecule has 6 heteroatoms. The second-order valence-electron chi connectivity index (χ2n) is 7.30. The van der Waals surface area contributed by atoms with Crippen molar-refractivity contribution >= 4 is 27.9 Å². The lowest BCUT2D eigenvalue weighted by Gasteiger charge is -2.31. The molecular weight excluding hydrogens is 372 g/mol. The van der Waals surface area contributed by atoms with Gasteiger partial charge in [-0.3, -0.25) is 4.79 Å². The van der Waals surface area contributed by atoms with Crippen LogP contribution in [0.5, 0.6) is 0 Å². The fourth-order valence-corrected chi connectivity index (χ4v) is 3.13. The van der Waals surface area contributed by atoms with Crippen molar-refractivity contribution in [3.63, 3.8) is 0 Å². The molecule has 5 nitrogen and oxygen atoms in total. The van der Waals surface area contributed by atoms with E-state index in [0.717, 1.165) is 30.2 Å². The Morgan fingerprint density at radius 2 is 1.75 bits per heavy atom. The molecule has 0 spiro atoms. The van der Waals surface area contributed by atoms with Crippen LogP contribution in [0.4, 0.5) is 4.79 Å². The van der Waals surface area contributed by atoms with Gasteiger partial charge in [0.2, 0.25) is 0 Å². The predicted molar refractivity (Wildman–Crippen MR) is 97.0 cm³/mol. The van der Waals surface area contributed by atoms with E-state index < -0.39 is 17.2 Å². The smallest absolute Gasteiger partial charge is 0.407 e. The average molecular weight is 397 g/mol. The van der Waals surface area contributed by atoms with E-state index in [-0.39, 0.29) is 5.91 Å². The highest BCUT2D eigenvalue weighted by Crippen LogP contribution is 2.29. The largest absolute Gasteiger partial charge is 0.444 e. The number of amides is 2. The van der Waals surface area contributed by atoms with Crippen LogP contribution >= 0.6 is 15.9 Å². The Labute approximate surface area is 151 Å². The summed E-state index contributed by atoms with van der Waals surface area (Å²) in [6.07, 6.45) is 3.33. The van der Waals surface area contributed by atoms with Crippen molar-refractivity contribution in [2.45, 2.75) is 57.6 Å². The summed E-state index contributed by atoms with van der Waals surface area (Å²) in [5, 5.41) is 5.93. The molecule has 0 unspecified atom stereocenters. The Bertz CT molecular complexity index is 587. The summed E-state index contributed by atoms with van der Waals surface area (Å²) in [6.45, 7) is 5.86. The second kappa shape index (κ2) is 7.55. The van der Waals surface area contributed by atoms with Gasteiger partial charge in [-0.1, -0.05) is 28.8 Å². The summed E-state index contributed by atoms with van der Waals surface area (Å²) < 4.78 is 6.21. The third-order valence-electron chi connectivity index (χ3n) is 4.02. The number of benzene rings is 1. The van der Waals surface area contributed by atoms with E-state index in [1.165, 1.54) is 0 Å². The van der Waals surface area contributed by atoms with Crippen molar-refractivity contribution in [1.82, 2.24) is 10.6 Å². The SMILES string of the molecule is CC(C)(C)OC(=O)NCC1(NC(=O)c2ccc(Br)cc2)CCCC1. The van der Waals surface area contributed by atoms with Crippen LogP contribution < -0.4 is 10.6 Å². The Balaban J connectivity index is 1.98. The Hall–Kier alpha value is -1.56. The van der Waals surface area contributed by atoms with Crippen LogP contribution in [0.3, 0.4) is 0 Å². The molecule has 0 heterocycles. The molecule has 0 radical (unpaired) electrons. The molecule has 1 aromatic carbocycles. The van der Waals surface area contributed by atoms with Crippen molar-refractivity contribution in [2.75, 3.05) is 6.54 Å². The van der Waals surface area contributed by atoms with Crippen molar-refractivity contribution in [1.29, 1.82) is 0 Å². The first kappa shape index (κ1) is 18.8. The normalized spacial score (nSPS) is 16.5. The highest BCUT2D eigenvalue weighted by molar-refractivity contribution is 9.10. The third-order valence-corrected chi connectivity index (χ3v) is 4.54. The van der Waals surface area contributed by atoms with E-state index in [0.29, 0.717) is 12.1 Å². The fraction of sp³-hybridized carbons (Fsp3) is 0.556. The van der Waals surface area contributed by atoms with Gasteiger partial charge in [-0.25, -0.2) is 4.79 Å². The fourth-order valence-electron chi connectivity index (χ4n) is 2.87. The molecule has 0 aliphatic heterocycles. The lowest BCUT2D eigenvalue weighted by Crippen LogP contribution is -2.54. The zero-order chi connectivity index (χ0) is 17.8. The van der Waals surface area contributed by atoms with E-state index in [9.17, 15) is 9.59 Å². The average Bonchev–Trinajstić information content (AvgIpc) is 2.93. The maximum absolute atomic E-state index is 12.5.